The minimum Gasteiger partial charge on any atom is -0.493 e. The molecule has 4 rings (SSSR count). The Labute approximate surface area is 158 Å². The molecule has 0 fully saturated rings. The third-order valence-corrected chi connectivity index (χ3v) is 4.43. The van der Waals surface area contributed by atoms with Crippen LogP contribution < -0.4 is 9.47 Å². The van der Waals surface area contributed by atoms with Crippen LogP contribution in [0.2, 0.25) is 0 Å². The van der Waals surface area contributed by atoms with Gasteiger partial charge in [-0.05, 0) is 41.5 Å². The molecular formula is C23H20N2O2. The van der Waals surface area contributed by atoms with E-state index >= 15 is 0 Å². The van der Waals surface area contributed by atoms with Crippen molar-refractivity contribution in [1.82, 2.24) is 9.97 Å². The SMILES string of the molecule is COc1ccc(/C=C/c2cccc(-c3nc4ccccc4[nH]3)c2)cc1OC. The summed E-state index contributed by atoms with van der Waals surface area (Å²) in [5, 5.41) is 0. The van der Waals surface area contributed by atoms with E-state index in [9.17, 15) is 0 Å². The molecule has 0 atom stereocenters. The molecule has 0 unspecified atom stereocenters. The Morgan fingerprint density at radius 3 is 2.33 bits per heavy atom. The maximum Gasteiger partial charge on any atom is 0.161 e. The fraction of sp³-hybridized carbons (Fsp3) is 0.0870. The maximum absolute atomic E-state index is 5.36. The third-order valence-electron chi connectivity index (χ3n) is 4.43. The van der Waals surface area contributed by atoms with E-state index in [2.05, 4.69) is 40.3 Å². The van der Waals surface area contributed by atoms with E-state index < -0.39 is 0 Å². The third kappa shape index (κ3) is 3.55. The zero-order valence-electron chi connectivity index (χ0n) is 15.3. The van der Waals surface area contributed by atoms with Gasteiger partial charge in [-0.2, -0.15) is 0 Å². The number of aromatic amines is 1. The standard InChI is InChI=1S/C23H20N2O2/c1-26-21-13-12-17(15-22(21)27-2)11-10-16-6-5-7-18(14-16)23-24-19-8-3-4-9-20(19)25-23/h3-15H,1-2H3,(H,24,25)/b11-10+. The second kappa shape index (κ2) is 7.38. The Balaban J connectivity index is 1.62. The van der Waals surface area contributed by atoms with E-state index in [-0.39, 0.29) is 0 Å². The maximum atomic E-state index is 5.36. The summed E-state index contributed by atoms with van der Waals surface area (Å²) in [4.78, 5) is 8.05. The van der Waals surface area contributed by atoms with Crippen molar-refractivity contribution in [2.24, 2.45) is 0 Å². The van der Waals surface area contributed by atoms with Crippen LogP contribution in [0.1, 0.15) is 11.1 Å². The number of imidazole rings is 1. The highest BCUT2D eigenvalue weighted by molar-refractivity contribution is 5.80. The molecule has 4 aromatic rings. The Morgan fingerprint density at radius 2 is 1.56 bits per heavy atom. The van der Waals surface area contributed by atoms with Gasteiger partial charge in [0.15, 0.2) is 11.5 Å². The molecule has 1 heterocycles. The lowest BCUT2D eigenvalue weighted by Gasteiger charge is -2.07. The van der Waals surface area contributed by atoms with Crippen LogP contribution in [-0.4, -0.2) is 24.2 Å². The molecule has 3 aromatic carbocycles. The molecule has 4 nitrogen and oxygen atoms in total. The minimum atomic E-state index is 0.718. The molecule has 0 aliphatic heterocycles. The quantitative estimate of drug-likeness (QED) is 0.486. The highest BCUT2D eigenvalue weighted by Gasteiger charge is 2.05. The minimum absolute atomic E-state index is 0.718. The van der Waals surface area contributed by atoms with Crippen molar-refractivity contribution in [1.29, 1.82) is 0 Å². The van der Waals surface area contributed by atoms with Crippen LogP contribution in [0.5, 0.6) is 11.5 Å². The summed E-state index contributed by atoms with van der Waals surface area (Å²) in [5.74, 6) is 2.31. The van der Waals surface area contributed by atoms with Gasteiger partial charge in [-0.15, -0.1) is 0 Å². The van der Waals surface area contributed by atoms with Crippen LogP contribution in [0, 0.1) is 0 Å². The number of ether oxygens (including phenoxy) is 2. The van der Waals surface area contributed by atoms with Crippen LogP contribution in [0.15, 0.2) is 66.7 Å². The molecule has 0 aliphatic rings. The average Bonchev–Trinajstić information content (AvgIpc) is 3.16. The number of para-hydroxylation sites is 2. The Bertz CT molecular complexity index is 1080. The number of benzene rings is 3. The van der Waals surface area contributed by atoms with E-state index in [1.165, 1.54) is 0 Å². The van der Waals surface area contributed by atoms with E-state index in [4.69, 9.17) is 9.47 Å². The fourth-order valence-electron chi connectivity index (χ4n) is 3.03. The molecule has 0 aliphatic carbocycles. The van der Waals surface area contributed by atoms with Gasteiger partial charge in [0.05, 0.1) is 25.3 Å². The number of fused-ring (bicyclic) bond motifs is 1. The van der Waals surface area contributed by atoms with Crippen molar-refractivity contribution in [3.63, 3.8) is 0 Å². The molecule has 0 radical (unpaired) electrons. The lowest BCUT2D eigenvalue weighted by atomic mass is 10.1. The zero-order valence-corrected chi connectivity index (χ0v) is 15.3. The van der Waals surface area contributed by atoms with Crippen molar-refractivity contribution in [2.75, 3.05) is 14.2 Å². The second-order valence-electron chi connectivity index (χ2n) is 6.18. The second-order valence-corrected chi connectivity index (χ2v) is 6.18. The van der Waals surface area contributed by atoms with Gasteiger partial charge in [-0.3, -0.25) is 0 Å². The first-order valence-corrected chi connectivity index (χ1v) is 8.72. The summed E-state index contributed by atoms with van der Waals surface area (Å²) in [5.41, 5.74) is 5.21. The Hall–Kier alpha value is -3.53. The lowest BCUT2D eigenvalue weighted by molar-refractivity contribution is 0.355. The predicted molar refractivity (Wildman–Crippen MR) is 110 cm³/mol. The number of methoxy groups -OCH3 is 2. The average molecular weight is 356 g/mol. The van der Waals surface area contributed by atoms with E-state index in [1.807, 2.05) is 48.5 Å². The van der Waals surface area contributed by atoms with E-state index in [0.717, 1.165) is 45.0 Å². The van der Waals surface area contributed by atoms with Crippen molar-refractivity contribution in [3.05, 3.63) is 77.9 Å². The molecule has 27 heavy (non-hydrogen) atoms. The van der Waals surface area contributed by atoms with Gasteiger partial charge in [0.25, 0.3) is 0 Å². The number of nitrogens with zero attached hydrogens (tertiary/aromatic N) is 1. The first kappa shape index (κ1) is 16.9. The van der Waals surface area contributed by atoms with Gasteiger partial charge in [-0.25, -0.2) is 4.98 Å². The summed E-state index contributed by atoms with van der Waals surface area (Å²) < 4.78 is 10.6. The van der Waals surface area contributed by atoms with Gasteiger partial charge in [-0.1, -0.05) is 48.6 Å². The van der Waals surface area contributed by atoms with Crippen LogP contribution in [0.25, 0.3) is 34.6 Å². The number of aromatic nitrogens is 2. The number of H-pyrrole nitrogens is 1. The lowest BCUT2D eigenvalue weighted by Crippen LogP contribution is -1.90. The number of nitrogens with one attached hydrogen (secondary N) is 1. The number of rotatable bonds is 5. The summed E-state index contributed by atoms with van der Waals surface area (Å²) in [6.07, 6.45) is 4.13. The van der Waals surface area contributed by atoms with Crippen LogP contribution in [0.3, 0.4) is 0 Å². The molecule has 4 heteroatoms. The monoisotopic (exact) mass is 356 g/mol. The first-order valence-electron chi connectivity index (χ1n) is 8.72. The molecule has 134 valence electrons. The topological polar surface area (TPSA) is 47.1 Å². The van der Waals surface area contributed by atoms with Gasteiger partial charge in [0.1, 0.15) is 5.82 Å². The van der Waals surface area contributed by atoms with Crippen molar-refractivity contribution >= 4 is 23.2 Å². The van der Waals surface area contributed by atoms with E-state index in [1.54, 1.807) is 14.2 Å². The first-order chi connectivity index (χ1) is 13.3. The van der Waals surface area contributed by atoms with Crippen LogP contribution in [0.4, 0.5) is 0 Å². The van der Waals surface area contributed by atoms with Gasteiger partial charge >= 0.3 is 0 Å². The summed E-state index contributed by atoms with van der Waals surface area (Å²) in [7, 11) is 3.28. The normalized spacial score (nSPS) is 11.2. The molecular weight excluding hydrogens is 336 g/mol. The molecule has 0 saturated carbocycles. The highest BCUT2D eigenvalue weighted by Crippen LogP contribution is 2.28. The largest absolute Gasteiger partial charge is 0.493 e. The summed E-state index contributed by atoms with van der Waals surface area (Å²) >= 11 is 0. The Kier molecular flexibility index (Phi) is 4.62. The summed E-state index contributed by atoms with van der Waals surface area (Å²) in [6, 6.07) is 22.2. The van der Waals surface area contributed by atoms with Crippen molar-refractivity contribution in [3.8, 4) is 22.9 Å². The van der Waals surface area contributed by atoms with Gasteiger partial charge < -0.3 is 14.5 Å². The highest BCUT2D eigenvalue weighted by atomic mass is 16.5. The molecule has 0 spiro atoms. The van der Waals surface area contributed by atoms with Crippen molar-refractivity contribution in [2.45, 2.75) is 0 Å². The molecule has 1 aromatic heterocycles. The summed E-state index contributed by atoms with van der Waals surface area (Å²) in [6.45, 7) is 0. The predicted octanol–water partition coefficient (Wildman–Crippen LogP) is 5.42. The fourth-order valence-corrected chi connectivity index (χ4v) is 3.03. The smallest absolute Gasteiger partial charge is 0.161 e. The molecule has 0 saturated heterocycles. The Morgan fingerprint density at radius 1 is 0.778 bits per heavy atom. The number of hydrogen-bond acceptors (Lipinski definition) is 3. The van der Waals surface area contributed by atoms with Gasteiger partial charge in [0.2, 0.25) is 0 Å². The number of hydrogen-bond donors (Lipinski definition) is 1. The molecule has 0 bridgehead atoms. The molecule has 1 N–H and O–H groups in total. The molecule has 0 amide bonds. The van der Waals surface area contributed by atoms with Crippen LogP contribution in [-0.2, 0) is 0 Å². The van der Waals surface area contributed by atoms with Crippen molar-refractivity contribution < 1.29 is 9.47 Å². The zero-order chi connectivity index (χ0) is 18.6. The van der Waals surface area contributed by atoms with Crippen LogP contribution >= 0.6 is 0 Å². The van der Waals surface area contributed by atoms with E-state index in [0.29, 0.717) is 0 Å². The van der Waals surface area contributed by atoms with Gasteiger partial charge in [0, 0.05) is 5.56 Å².